The van der Waals surface area contributed by atoms with Gasteiger partial charge in [-0.25, -0.2) is 0 Å². The van der Waals surface area contributed by atoms with Crippen LogP contribution >= 0.6 is 0 Å². The molecule has 0 saturated heterocycles. The molecule has 2 aliphatic heterocycles. The van der Waals surface area contributed by atoms with Crippen LogP contribution in [0.5, 0.6) is 11.5 Å². The van der Waals surface area contributed by atoms with E-state index in [1.807, 2.05) is 0 Å². The number of phenolic OH excluding ortho intramolecular Hbond substituents is 1. The molecule has 4 nitrogen and oxygen atoms in total. The summed E-state index contributed by atoms with van der Waals surface area (Å²) in [6, 6.07) is 3.81. The number of aromatic hydroxyl groups is 1. The number of benzene rings is 1. The van der Waals surface area contributed by atoms with E-state index in [4.69, 9.17) is 4.74 Å². The molecule has 2 heterocycles. The molecular weight excluding hydrogens is 266 g/mol. The highest BCUT2D eigenvalue weighted by atomic mass is 16.5. The summed E-state index contributed by atoms with van der Waals surface area (Å²) in [5.41, 5.74) is 2.52. The van der Waals surface area contributed by atoms with Crippen LogP contribution in [0.3, 0.4) is 0 Å². The Morgan fingerprint density at radius 2 is 2.24 bits per heavy atom. The Hall–Kier alpha value is -1.26. The van der Waals surface area contributed by atoms with Gasteiger partial charge in [-0.2, -0.15) is 0 Å². The Morgan fingerprint density at radius 1 is 1.38 bits per heavy atom. The third kappa shape index (κ3) is 1.82. The van der Waals surface area contributed by atoms with Gasteiger partial charge in [0.15, 0.2) is 11.5 Å². The van der Waals surface area contributed by atoms with Gasteiger partial charge in [0.1, 0.15) is 6.10 Å². The van der Waals surface area contributed by atoms with Gasteiger partial charge in [0.25, 0.3) is 0 Å². The maximum absolute atomic E-state index is 10.2. The van der Waals surface area contributed by atoms with Crippen LogP contribution in [0, 0.1) is 0 Å². The maximum atomic E-state index is 10.2. The number of hydrogen-bond donors (Lipinski definition) is 2. The highest BCUT2D eigenvalue weighted by Gasteiger charge is 2.54. The van der Waals surface area contributed by atoms with Gasteiger partial charge in [0, 0.05) is 23.9 Å². The average Bonchev–Trinajstić information content (AvgIpc) is 2.72. The number of ether oxygens (including phenoxy) is 1. The van der Waals surface area contributed by atoms with Gasteiger partial charge in [0.2, 0.25) is 0 Å². The SMILES string of the molecule is CCN1CC[C@@]23CC[C@H](O)C[C@@H]2Oc2c(O)ccc(c23)C1. The molecule has 0 radical (unpaired) electrons. The van der Waals surface area contributed by atoms with E-state index in [0.717, 1.165) is 38.9 Å². The number of hydrogen-bond acceptors (Lipinski definition) is 4. The Kier molecular flexibility index (Phi) is 2.95. The molecule has 0 amide bonds. The van der Waals surface area contributed by atoms with Gasteiger partial charge in [0.05, 0.1) is 6.10 Å². The number of phenols is 1. The molecule has 114 valence electrons. The molecular formula is C17H23NO3. The molecule has 1 aliphatic carbocycles. The zero-order chi connectivity index (χ0) is 14.6. The van der Waals surface area contributed by atoms with Gasteiger partial charge < -0.3 is 14.9 Å². The summed E-state index contributed by atoms with van der Waals surface area (Å²) in [6.45, 7) is 5.23. The topological polar surface area (TPSA) is 52.9 Å². The van der Waals surface area contributed by atoms with Crippen LogP contribution in [0.4, 0.5) is 0 Å². The minimum Gasteiger partial charge on any atom is -0.504 e. The molecule has 2 N–H and O–H groups in total. The van der Waals surface area contributed by atoms with E-state index in [2.05, 4.69) is 17.9 Å². The first-order chi connectivity index (χ1) is 10.1. The van der Waals surface area contributed by atoms with Crippen molar-refractivity contribution in [2.24, 2.45) is 0 Å². The van der Waals surface area contributed by atoms with Crippen LogP contribution in [0.1, 0.15) is 43.7 Å². The summed E-state index contributed by atoms with van der Waals surface area (Å²) in [6.07, 6.45) is 3.27. The van der Waals surface area contributed by atoms with Gasteiger partial charge in [-0.15, -0.1) is 0 Å². The standard InChI is InChI=1S/C17H23NO3/c1-2-18-8-7-17-6-5-12(19)9-14(17)21-16-13(20)4-3-11(10-18)15(16)17/h3-4,12,14,19-20H,2,5-10H2,1H3/t12-,14-,17-/m0/s1. The highest BCUT2D eigenvalue weighted by molar-refractivity contribution is 5.58. The van der Waals surface area contributed by atoms with E-state index in [9.17, 15) is 10.2 Å². The Morgan fingerprint density at radius 3 is 3.05 bits per heavy atom. The van der Waals surface area contributed by atoms with Crippen LogP contribution in [0.15, 0.2) is 12.1 Å². The van der Waals surface area contributed by atoms with E-state index in [1.165, 1.54) is 11.1 Å². The van der Waals surface area contributed by atoms with E-state index >= 15 is 0 Å². The first kappa shape index (κ1) is 13.4. The van der Waals surface area contributed by atoms with Crippen molar-refractivity contribution in [3.8, 4) is 11.5 Å². The number of aliphatic hydroxyl groups excluding tert-OH is 1. The summed E-state index contributed by atoms with van der Waals surface area (Å²) in [4.78, 5) is 2.46. The van der Waals surface area contributed by atoms with Crippen molar-refractivity contribution in [1.29, 1.82) is 0 Å². The number of rotatable bonds is 1. The van der Waals surface area contributed by atoms with Gasteiger partial charge >= 0.3 is 0 Å². The zero-order valence-electron chi connectivity index (χ0n) is 12.5. The van der Waals surface area contributed by atoms with Crippen molar-refractivity contribution in [1.82, 2.24) is 4.90 Å². The lowest BCUT2D eigenvalue weighted by atomic mass is 9.65. The lowest BCUT2D eigenvalue weighted by Gasteiger charge is -2.40. The summed E-state index contributed by atoms with van der Waals surface area (Å²) in [5.74, 6) is 0.937. The molecule has 1 aromatic rings. The summed E-state index contributed by atoms with van der Waals surface area (Å²) in [5, 5.41) is 20.2. The van der Waals surface area contributed by atoms with E-state index in [1.54, 1.807) is 6.07 Å². The monoisotopic (exact) mass is 289 g/mol. The normalized spacial score (nSPS) is 34.8. The van der Waals surface area contributed by atoms with Gasteiger partial charge in [-0.1, -0.05) is 13.0 Å². The Bertz CT molecular complexity index is 573. The second-order valence-electron chi connectivity index (χ2n) is 6.76. The van der Waals surface area contributed by atoms with Gasteiger partial charge in [-0.05, 0) is 44.0 Å². The summed E-state index contributed by atoms with van der Waals surface area (Å²) >= 11 is 0. The van der Waals surface area contributed by atoms with E-state index in [-0.39, 0.29) is 23.4 Å². The molecule has 0 bridgehead atoms. The smallest absolute Gasteiger partial charge is 0.165 e. The second-order valence-corrected chi connectivity index (χ2v) is 6.76. The average molecular weight is 289 g/mol. The number of nitrogens with zero attached hydrogens (tertiary/aromatic N) is 1. The summed E-state index contributed by atoms with van der Waals surface area (Å²) < 4.78 is 6.12. The predicted molar refractivity (Wildman–Crippen MR) is 79.6 cm³/mol. The highest BCUT2D eigenvalue weighted by Crippen LogP contribution is 2.57. The molecule has 21 heavy (non-hydrogen) atoms. The molecule has 1 aromatic carbocycles. The van der Waals surface area contributed by atoms with Crippen molar-refractivity contribution in [3.05, 3.63) is 23.3 Å². The van der Waals surface area contributed by atoms with Gasteiger partial charge in [-0.3, -0.25) is 4.90 Å². The lowest BCUT2D eigenvalue weighted by Crippen LogP contribution is -2.46. The molecule has 3 atom stereocenters. The van der Waals surface area contributed by atoms with E-state index in [0.29, 0.717) is 12.2 Å². The Balaban J connectivity index is 1.87. The van der Waals surface area contributed by atoms with E-state index < -0.39 is 0 Å². The van der Waals surface area contributed by atoms with Crippen LogP contribution in [-0.2, 0) is 12.0 Å². The molecule has 4 rings (SSSR count). The van der Waals surface area contributed by atoms with Crippen LogP contribution in [-0.4, -0.2) is 40.4 Å². The first-order valence-corrected chi connectivity index (χ1v) is 8.06. The maximum Gasteiger partial charge on any atom is 0.165 e. The third-order valence-corrected chi connectivity index (χ3v) is 5.72. The fourth-order valence-corrected chi connectivity index (χ4v) is 4.53. The molecule has 0 unspecified atom stereocenters. The molecule has 1 saturated carbocycles. The minimum absolute atomic E-state index is 0.00738. The van der Waals surface area contributed by atoms with Crippen molar-refractivity contribution in [3.63, 3.8) is 0 Å². The molecule has 1 fully saturated rings. The third-order valence-electron chi connectivity index (χ3n) is 5.72. The fourth-order valence-electron chi connectivity index (χ4n) is 4.53. The first-order valence-electron chi connectivity index (χ1n) is 8.06. The number of aliphatic hydroxyl groups is 1. The van der Waals surface area contributed by atoms with Crippen LogP contribution in [0.2, 0.25) is 0 Å². The molecule has 4 heteroatoms. The Labute approximate surface area is 125 Å². The summed E-state index contributed by atoms with van der Waals surface area (Å²) in [7, 11) is 0. The van der Waals surface area contributed by atoms with Crippen molar-refractivity contribution < 1.29 is 14.9 Å². The molecule has 0 aromatic heterocycles. The van der Waals surface area contributed by atoms with Crippen LogP contribution < -0.4 is 4.74 Å². The van der Waals surface area contributed by atoms with Crippen molar-refractivity contribution in [2.75, 3.05) is 13.1 Å². The molecule has 1 spiro atoms. The second kappa shape index (κ2) is 4.62. The van der Waals surface area contributed by atoms with Crippen molar-refractivity contribution in [2.45, 2.75) is 56.8 Å². The minimum atomic E-state index is -0.272. The van der Waals surface area contributed by atoms with Crippen LogP contribution in [0.25, 0.3) is 0 Å². The fraction of sp³-hybridized carbons (Fsp3) is 0.647. The lowest BCUT2D eigenvalue weighted by molar-refractivity contribution is 0.0115. The quantitative estimate of drug-likeness (QED) is 0.832. The largest absolute Gasteiger partial charge is 0.504 e. The van der Waals surface area contributed by atoms with Crippen molar-refractivity contribution >= 4 is 0 Å². The predicted octanol–water partition coefficient (Wildman–Crippen LogP) is 2.16. The zero-order valence-corrected chi connectivity index (χ0v) is 12.5. The molecule has 3 aliphatic rings.